The van der Waals surface area contributed by atoms with Gasteiger partial charge in [0, 0.05) is 5.56 Å². The summed E-state index contributed by atoms with van der Waals surface area (Å²) in [5.41, 5.74) is -0.201. The molecule has 1 saturated heterocycles. The third kappa shape index (κ3) is 5.03. The molecule has 2 aromatic carbocycles. The average molecular weight is 464 g/mol. The molecule has 7 heteroatoms. The van der Waals surface area contributed by atoms with Gasteiger partial charge in [0.2, 0.25) is 0 Å². The summed E-state index contributed by atoms with van der Waals surface area (Å²) in [6.45, 7) is 6.07. The van der Waals surface area contributed by atoms with Crippen molar-refractivity contribution in [2.45, 2.75) is 38.6 Å². The number of benzene rings is 2. The fraction of sp³-hybridized carbons (Fsp3) is 0.409. The number of methoxy groups -OCH3 is 1. The van der Waals surface area contributed by atoms with Crippen molar-refractivity contribution in [1.82, 2.24) is 4.90 Å². The number of β-amino-alcohol motifs (C(OH)–C–C–N with tert-alkyl or cyclic N) is 1. The number of likely N-dealkylation sites (tertiary alicyclic amines) is 1. The lowest BCUT2D eigenvalue weighted by molar-refractivity contribution is -0.104. The molecule has 1 amide bonds. The van der Waals surface area contributed by atoms with Gasteiger partial charge in [0.05, 0.1) is 24.7 Å². The van der Waals surface area contributed by atoms with Crippen molar-refractivity contribution in [2.75, 3.05) is 20.2 Å². The zero-order valence-electron chi connectivity index (χ0n) is 17.1. The zero-order valence-corrected chi connectivity index (χ0v) is 18.7. The van der Waals surface area contributed by atoms with Crippen LogP contribution in [0.1, 0.15) is 31.9 Å². The standard InChI is InChI=1S/C22H26BrNO5/c1-21(2,3)29-20(25)24-13-22(26,14-24)16-10-19(17(23)11-18(16)27-4)28-12-15-8-6-5-7-9-15/h5-11,26H,12-14H2,1-4H3. The van der Waals surface area contributed by atoms with E-state index in [-0.39, 0.29) is 13.1 Å². The molecule has 0 spiro atoms. The maximum absolute atomic E-state index is 12.2. The minimum Gasteiger partial charge on any atom is -0.496 e. The van der Waals surface area contributed by atoms with Gasteiger partial charge in [0.15, 0.2) is 0 Å². The van der Waals surface area contributed by atoms with Gasteiger partial charge < -0.3 is 24.2 Å². The molecule has 0 aromatic heterocycles. The van der Waals surface area contributed by atoms with Crippen molar-refractivity contribution in [3.05, 3.63) is 58.1 Å². The highest BCUT2D eigenvalue weighted by Gasteiger charge is 2.48. The molecule has 0 saturated carbocycles. The zero-order chi connectivity index (χ0) is 21.2. The monoisotopic (exact) mass is 463 g/mol. The van der Waals surface area contributed by atoms with E-state index < -0.39 is 17.3 Å². The maximum Gasteiger partial charge on any atom is 0.410 e. The highest BCUT2D eigenvalue weighted by atomic mass is 79.9. The first-order valence-electron chi connectivity index (χ1n) is 9.36. The number of halogens is 1. The Bertz CT molecular complexity index is 873. The summed E-state index contributed by atoms with van der Waals surface area (Å²) in [7, 11) is 1.55. The number of carbonyl (C=O) groups is 1. The number of ether oxygens (including phenoxy) is 3. The second-order valence-electron chi connectivity index (χ2n) is 8.13. The number of hydrogen-bond acceptors (Lipinski definition) is 5. The van der Waals surface area contributed by atoms with E-state index in [2.05, 4.69) is 15.9 Å². The number of amides is 1. The van der Waals surface area contributed by atoms with E-state index in [1.54, 1.807) is 19.2 Å². The van der Waals surface area contributed by atoms with Gasteiger partial charge in [-0.3, -0.25) is 0 Å². The minimum atomic E-state index is -1.23. The van der Waals surface area contributed by atoms with Crippen molar-refractivity contribution in [3.8, 4) is 11.5 Å². The van der Waals surface area contributed by atoms with Crippen LogP contribution < -0.4 is 9.47 Å². The highest BCUT2D eigenvalue weighted by Crippen LogP contribution is 2.42. The summed E-state index contributed by atoms with van der Waals surface area (Å²) < 4.78 is 17.5. The van der Waals surface area contributed by atoms with Gasteiger partial charge in [-0.25, -0.2) is 4.79 Å². The quantitative estimate of drug-likeness (QED) is 0.707. The first-order chi connectivity index (χ1) is 13.6. The number of aliphatic hydroxyl groups is 1. The van der Waals surface area contributed by atoms with Crippen molar-refractivity contribution in [1.29, 1.82) is 0 Å². The summed E-state index contributed by atoms with van der Waals surface area (Å²) >= 11 is 3.50. The van der Waals surface area contributed by atoms with E-state index in [9.17, 15) is 9.90 Å². The van der Waals surface area contributed by atoms with Gasteiger partial charge in [0.25, 0.3) is 0 Å². The molecule has 29 heavy (non-hydrogen) atoms. The number of carbonyl (C=O) groups excluding carboxylic acids is 1. The largest absolute Gasteiger partial charge is 0.496 e. The Morgan fingerprint density at radius 1 is 1.17 bits per heavy atom. The Hall–Kier alpha value is -2.25. The molecule has 1 aliphatic heterocycles. The van der Waals surface area contributed by atoms with Crippen LogP contribution in [0.3, 0.4) is 0 Å². The smallest absolute Gasteiger partial charge is 0.410 e. The molecule has 1 heterocycles. The van der Waals surface area contributed by atoms with Crippen LogP contribution in [0.2, 0.25) is 0 Å². The Morgan fingerprint density at radius 2 is 1.83 bits per heavy atom. The summed E-state index contributed by atoms with van der Waals surface area (Å²) in [6, 6.07) is 13.4. The molecular weight excluding hydrogens is 438 g/mol. The molecule has 0 unspecified atom stereocenters. The van der Waals surface area contributed by atoms with Gasteiger partial charge in [-0.1, -0.05) is 30.3 Å². The molecule has 0 aliphatic carbocycles. The lowest BCUT2D eigenvalue weighted by atomic mass is 9.85. The normalized spacial score (nSPS) is 15.4. The molecule has 1 N–H and O–H groups in total. The SMILES string of the molecule is COc1cc(Br)c(OCc2ccccc2)cc1C1(O)CN(C(=O)OC(C)(C)C)C1. The van der Waals surface area contributed by atoms with E-state index in [4.69, 9.17) is 14.2 Å². The van der Waals surface area contributed by atoms with Crippen LogP contribution in [0.15, 0.2) is 46.9 Å². The molecule has 1 aliphatic rings. The maximum atomic E-state index is 12.2. The molecule has 156 valence electrons. The van der Waals surface area contributed by atoms with Crippen LogP contribution in [0.25, 0.3) is 0 Å². The van der Waals surface area contributed by atoms with Crippen LogP contribution in [0.5, 0.6) is 11.5 Å². The molecule has 6 nitrogen and oxygen atoms in total. The molecule has 0 bridgehead atoms. The van der Waals surface area contributed by atoms with Crippen LogP contribution in [0, 0.1) is 0 Å². The Balaban J connectivity index is 1.77. The van der Waals surface area contributed by atoms with E-state index in [0.717, 1.165) is 10.0 Å². The van der Waals surface area contributed by atoms with Crippen LogP contribution in [-0.4, -0.2) is 41.9 Å². The van der Waals surface area contributed by atoms with E-state index >= 15 is 0 Å². The summed E-state index contributed by atoms with van der Waals surface area (Å²) in [5.74, 6) is 1.11. The number of rotatable bonds is 5. The highest BCUT2D eigenvalue weighted by molar-refractivity contribution is 9.10. The predicted molar refractivity (Wildman–Crippen MR) is 113 cm³/mol. The topological polar surface area (TPSA) is 68.2 Å². The van der Waals surface area contributed by atoms with Gasteiger partial charge in [-0.2, -0.15) is 0 Å². The van der Waals surface area contributed by atoms with Crippen molar-refractivity contribution >= 4 is 22.0 Å². The van der Waals surface area contributed by atoms with E-state index in [1.807, 2.05) is 51.1 Å². The van der Waals surface area contributed by atoms with Gasteiger partial charge in [-0.15, -0.1) is 0 Å². The molecule has 0 atom stereocenters. The fourth-order valence-corrected chi connectivity index (χ4v) is 3.56. The van der Waals surface area contributed by atoms with Crippen LogP contribution in [-0.2, 0) is 16.9 Å². The Morgan fingerprint density at radius 3 is 2.41 bits per heavy atom. The van der Waals surface area contributed by atoms with Crippen molar-refractivity contribution < 1.29 is 24.1 Å². The lowest BCUT2D eigenvalue weighted by Gasteiger charge is -2.46. The summed E-state index contributed by atoms with van der Waals surface area (Å²) in [6.07, 6.45) is -0.446. The predicted octanol–water partition coefficient (Wildman–Crippen LogP) is 4.48. The Labute approximate surface area is 179 Å². The fourth-order valence-electron chi connectivity index (χ4n) is 3.12. The number of nitrogens with zero attached hydrogens (tertiary/aromatic N) is 1. The van der Waals surface area contributed by atoms with Gasteiger partial charge in [-0.05, 0) is 54.4 Å². The third-order valence-corrected chi connectivity index (χ3v) is 5.17. The second kappa shape index (κ2) is 8.24. The molecule has 3 rings (SSSR count). The van der Waals surface area contributed by atoms with E-state index in [1.165, 1.54) is 4.90 Å². The molecule has 2 aromatic rings. The first-order valence-corrected chi connectivity index (χ1v) is 10.2. The van der Waals surface area contributed by atoms with Gasteiger partial charge in [0.1, 0.15) is 29.3 Å². The third-order valence-electron chi connectivity index (χ3n) is 4.55. The first kappa shape index (κ1) is 21.5. The van der Waals surface area contributed by atoms with Crippen molar-refractivity contribution in [3.63, 3.8) is 0 Å². The van der Waals surface area contributed by atoms with Crippen LogP contribution in [0.4, 0.5) is 4.79 Å². The number of hydrogen-bond donors (Lipinski definition) is 1. The second-order valence-corrected chi connectivity index (χ2v) is 8.98. The average Bonchev–Trinajstić information content (AvgIpc) is 2.63. The molecule has 1 fully saturated rings. The van der Waals surface area contributed by atoms with Crippen LogP contribution >= 0.6 is 15.9 Å². The van der Waals surface area contributed by atoms with Crippen molar-refractivity contribution in [2.24, 2.45) is 0 Å². The molecular formula is C22H26BrNO5. The molecule has 0 radical (unpaired) electrons. The van der Waals surface area contributed by atoms with Gasteiger partial charge >= 0.3 is 6.09 Å². The minimum absolute atomic E-state index is 0.123. The summed E-state index contributed by atoms with van der Waals surface area (Å²) in [4.78, 5) is 13.7. The lowest BCUT2D eigenvalue weighted by Crippen LogP contribution is -2.62. The Kier molecular flexibility index (Phi) is 6.10. The summed E-state index contributed by atoms with van der Waals surface area (Å²) in [5, 5.41) is 11.1. The van der Waals surface area contributed by atoms with E-state index in [0.29, 0.717) is 23.7 Å².